The molecule has 0 aromatic heterocycles. The van der Waals surface area contributed by atoms with Gasteiger partial charge in [0.25, 0.3) is 5.91 Å². The number of amides is 2. The van der Waals surface area contributed by atoms with Crippen molar-refractivity contribution in [1.82, 2.24) is 0 Å². The first kappa shape index (κ1) is 25.0. The monoisotopic (exact) mass is 562 g/mol. The van der Waals surface area contributed by atoms with E-state index in [2.05, 4.69) is 5.32 Å². The Bertz CT molecular complexity index is 1310. The van der Waals surface area contributed by atoms with Gasteiger partial charge in [-0.05, 0) is 53.6 Å². The molecule has 0 heterocycles. The zero-order valence-corrected chi connectivity index (χ0v) is 20.6. The van der Waals surface area contributed by atoms with Crippen LogP contribution < -0.4 is 11.1 Å². The number of hydrogen-bond acceptors (Lipinski definition) is 2. The van der Waals surface area contributed by atoms with Crippen molar-refractivity contribution in [2.75, 3.05) is 5.32 Å². The lowest BCUT2D eigenvalue weighted by molar-refractivity contribution is -0.120. The van der Waals surface area contributed by atoms with Crippen LogP contribution in [0, 0.1) is 11.6 Å². The highest BCUT2D eigenvalue weighted by atomic mass is 35.5. The average molecular weight is 565 g/mol. The fourth-order valence-corrected chi connectivity index (χ4v) is 5.96. The Morgan fingerprint density at radius 1 is 0.882 bits per heavy atom. The molecular weight excluding hydrogens is 552 g/mol. The lowest BCUT2D eigenvalue weighted by atomic mass is 9.89. The van der Waals surface area contributed by atoms with E-state index >= 15 is 0 Å². The molecule has 2 atom stereocenters. The second kappa shape index (κ2) is 8.85. The van der Waals surface area contributed by atoms with Crippen molar-refractivity contribution >= 4 is 75.5 Å². The van der Waals surface area contributed by atoms with Gasteiger partial charge in [-0.15, -0.1) is 0 Å². The van der Waals surface area contributed by atoms with E-state index in [1.165, 1.54) is 24.3 Å². The summed E-state index contributed by atoms with van der Waals surface area (Å²) in [6, 6.07) is 11.3. The van der Waals surface area contributed by atoms with Crippen LogP contribution in [0.25, 0.3) is 0 Å². The van der Waals surface area contributed by atoms with E-state index in [4.69, 9.17) is 63.7 Å². The van der Waals surface area contributed by atoms with Crippen molar-refractivity contribution in [3.05, 3.63) is 98.0 Å². The van der Waals surface area contributed by atoms with Crippen LogP contribution in [0.5, 0.6) is 0 Å². The molecule has 34 heavy (non-hydrogen) atoms. The van der Waals surface area contributed by atoms with Crippen LogP contribution in [-0.4, -0.2) is 16.1 Å². The van der Waals surface area contributed by atoms with Gasteiger partial charge in [0.1, 0.15) is 21.4 Å². The number of carbonyl (C=O) groups excluding carboxylic acids is 2. The predicted molar refractivity (Wildman–Crippen MR) is 130 cm³/mol. The molecule has 3 aromatic carbocycles. The predicted octanol–water partition coefficient (Wildman–Crippen LogP) is 6.87. The summed E-state index contributed by atoms with van der Waals surface area (Å²) in [5, 5.41) is 3.18. The van der Waals surface area contributed by atoms with E-state index < -0.39 is 39.1 Å². The number of nitrogens with one attached hydrogen (secondary N) is 1. The Morgan fingerprint density at radius 3 is 2.03 bits per heavy atom. The van der Waals surface area contributed by atoms with Crippen LogP contribution in [0.1, 0.15) is 27.4 Å². The third kappa shape index (κ3) is 4.12. The summed E-state index contributed by atoms with van der Waals surface area (Å²) in [5.41, 5.74) is 4.69. The van der Waals surface area contributed by atoms with E-state index in [1.54, 1.807) is 12.1 Å². The third-order valence-electron chi connectivity index (χ3n) is 5.64. The summed E-state index contributed by atoms with van der Waals surface area (Å²) in [4.78, 5) is 25.3. The minimum atomic E-state index is -1.67. The van der Waals surface area contributed by atoms with Gasteiger partial charge in [0.15, 0.2) is 0 Å². The summed E-state index contributed by atoms with van der Waals surface area (Å²) in [5.74, 6) is -4.33. The number of anilines is 1. The molecule has 0 spiro atoms. The summed E-state index contributed by atoms with van der Waals surface area (Å²) in [7, 11) is 0. The smallest absolute Gasteiger partial charge is 0.255 e. The normalized spacial score (nSPS) is 20.6. The molecule has 4 nitrogen and oxygen atoms in total. The van der Waals surface area contributed by atoms with Crippen LogP contribution in [-0.2, 0) is 10.2 Å². The Hall–Kier alpha value is -2.09. The molecule has 1 aliphatic carbocycles. The fraction of sp³-hybridized carbons (Fsp3) is 0.130. The van der Waals surface area contributed by atoms with Crippen molar-refractivity contribution in [3.63, 3.8) is 0 Å². The van der Waals surface area contributed by atoms with Crippen molar-refractivity contribution in [2.45, 2.75) is 15.7 Å². The van der Waals surface area contributed by atoms with Gasteiger partial charge in [0.2, 0.25) is 5.91 Å². The first-order valence-corrected chi connectivity index (χ1v) is 11.5. The largest absolute Gasteiger partial charge is 0.369 e. The van der Waals surface area contributed by atoms with Crippen LogP contribution in [0.2, 0.25) is 15.1 Å². The molecule has 0 radical (unpaired) electrons. The number of rotatable bonds is 5. The number of alkyl halides is 2. The molecule has 0 saturated heterocycles. The second-order valence-corrected chi connectivity index (χ2v) is 10.4. The highest BCUT2D eigenvalue weighted by Gasteiger charge is 2.80. The van der Waals surface area contributed by atoms with E-state index in [0.717, 1.165) is 12.1 Å². The van der Waals surface area contributed by atoms with Crippen LogP contribution in [0.3, 0.4) is 0 Å². The highest BCUT2D eigenvalue weighted by molar-refractivity contribution is 6.55. The maximum atomic E-state index is 13.5. The van der Waals surface area contributed by atoms with Crippen LogP contribution in [0.15, 0.2) is 54.6 Å². The van der Waals surface area contributed by atoms with Crippen molar-refractivity contribution < 1.29 is 18.4 Å². The van der Waals surface area contributed by atoms with Crippen molar-refractivity contribution in [3.8, 4) is 0 Å². The number of halogens is 7. The SMILES string of the molecule is NC(=O)C1(c2ccc(Cl)c(NC(=O)c3cc(F)cc(F)c3)c2)C(c2cc(Cl)cc(Cl)c2)C1(Cl)Cl. The summed E-state index contributed by atoms with van der Waals surface area (Å²) >= 11 is 31.7. The quantitative estimate of drug-likeness (QED) is 0.332. The van der Waals surface area contributed by atoms with Gasteiger partial charge in [-0.2, -0.15) is 0 Å². The van der Waals surface area contributed by atoms with E-state index in [1.807, 2.05) is 0 Å². The molecule has 2 unspecified atom stereocenters. The zero-order chi connectivity index (χ0) is 25.0. The average Bonchev–Trinajstić information content (AvgIpc) is 3.25. The van der Waals surface area contributed by atoms with E-state index in [-0.39, 0.29) is 21.8 Å². The topological polar surface area (TPSA) is 72.2 Å². The zero-order valence-electron chi connectivity index (χ0n) is 16.8. The minimum absolute atomic E-state index is 0.0494. The van der Waals surface area contributed by atoms with E-state index in [0.29, 0.717) is 21.7 Å². The Kier molecular flexibility index (Phi) is 6.51. The maximum absolute atomic E-state index is 13.5. The molecule has 1 aliphatic rings. The Morgan fingerprint density at radius 2 is 1.47 bits per heavy atom. The van der Waals surface area contributed by atoms with Crippen molar-refractivity contribution in [2.24, 2.45) is 5.73 Å². The lowest BCUT2D eigenvalue weighted by Gasteiger charge is -2.18. The molecule has 4 rings (SSSR count). The molecule has 0 aliphatic heterocycles. The van der Waals surface area contributed by atoms with Gasteiger partial charge in [-0.25, -0.2) is 8.78 Å². The molecule has 1 saturated carbocycles. The van der Waals surface area contributed by atoms with Gasteiger partial charge in [0, 0.05) is 27.6 Å². The number of primary amides is 1. The second-order valence-electron chi connectivity index (χ2n) is 7.74. The number of benzene rings is 3. The minimum Gasteiger partial charge on any atom is -0.369 e. The highest BCUT2D eigenvalue weighted by Crippen LogP contribution is 2.74. The summed E-state index contributed by atoms with van der Waals surface area (Å²) in [6.45, 7) is 0. The van der Waals surface area contributed by atoms with Crippen molar-refractivity contribution in [1.29, 1.82) is 0 Å². The molecule has 1 fully saturated rings. The van der Waals surface area contributed by atoms with E-state index in [9.17, 15) is 18.4 Å². The molecular formula is C23H13Cl5F2N2O2. The van der Waals surface area contributed by atoms with Gasteiger partial charge >= 0.3 is 0 Å². The molecule has 176 valence electrons. The van der Waals surface area contributed by atoms with Gasteiger partial charge in [-0.3, -0.25) is 9.59 Å². The first-order chi connectivity index (χ1) is 15.9. The summed E-state index contributed by atoms with van der Waals surface area (Å²) < 4.78 is 25.4. The molecule has 0 bridgehead atoms. The summed E-state index contributed by atoms with van der Waals surface area (Å²) in [6.07, 6.45) is 0. The molecule has 3 aromatic rings. The number of hydrogen-bond donors (Lipinski definition) is 2. The number of carbonyl (C=O) groups is 2. The van der Waals surface area contributed by atoms with Gasteiger partial charge in [-0.1, -0.05) is 64.1 Å². The number of nitrogens with two attached hydrogens (primary N) is 1. The Labute approximate surface area is 217 Å². The fourth-order valence-electron chi connectivity index (χ4n) is 4.16. The Balaban J connectivity index is 1.76. The molecule has 11 heteroatoms. The third-order valence-corrected chi connectivity index (χ3v) is 7.44. The van der Waals surface area contributed by atoms with Crippen LogP contribution >= 0.6 is 58.0 Å². The maximum Gasteiger partial charge on any atom is 0.255 e. The van der Waals surface area contributed by atoms with Gasteiger partial charge in [0.05, 0.1) is 10.7 Å². The first-order valence-electron chi connectivity index (χ1n) is 9.59. The van der Waals surface area contributed by atoms with Gasteiger partial charge < -0.3 is 11.1 Å². The molecule has 2 amide bonds. The standard InChI is InChI=1S/C23H13Cl5F2N2O2/c24-13-3-10(4-14(25)8-13)19-22(21(31)34,23(19,27)28)12-1-2-17(26)18(7-12)32-20(33)11-5-15(29)9-16(30)6-11/h1-9,19H,(H2,31,34)(H,32,33). The van der Waals surface area contributed by atoms with Crippen LogP contribution in [0.4, 0.5) is 14.5 Å². The lowest BCUT2D eigenvalue weighted by Crippen LogP contribution is -2.34. The molecule has 3 N–H and O–H groups in total.